The number of ether oxygens (including phenoxy) is 3. The monoisotopic (exact) mass is 453 g/mol. The predicted octanol–water partition coefficient (Wildman–Crippen LogP) is 6.24. The minimum absolute atomic E-state index is 0.305. The molecule has 0 fully saturated rings. The van der Waals surface area contributed by atoms with Crippen molar-refractivity contribution >= 4 is 39.9 Å². The molecular weight excluding hydrogens is 434 g/mol. The molecule has 1 heterocycles. The van der Waals surface area contributed by atoms with E-state index in [-0.39, 0.29) is 0 Å². The standard InChI is InChI=1S/C23H20ClN3O5/c1-13-9-22(27-32-13)26-23(28)25-18-8-7-15(11-17(18)24)31-19-6-4-5-14-10-20(29-2)21(30-3)12-16(14)19/h4-12H,1-3H3,(H2,25,26,27,28). The molecule has 164 valence electrons. The topological polar surface area (TPSA) is 94.9 Å². The van der Waals surface area contributed by atoms with Crippen LogP contribution >= 0.6 is 11.6 Å². The zero-order valence-corrected chi connectivity index (χ0v) is 18.3. The van der Waals surface area contributed by atoms with Crippen LogP contribution in [0.3, 0.4) is 0 Å². The van der Waals surface area contributed by atoms with Gasteiger partial charge >= 0.3 is 6.03 Å². The number of carbonyl (C=O) groups excluding carboxylic acids is 1. The summed E-state index contributed by atoms with van der Waals surface area (Å²) >= 11 is 6.36. The Balaban J connectivity index is 1.53. The van der Waals surface area contributed by atoms with Gasteiger partial charge in [0, 0.05) is 17.5 Å². The van der Waals surface area contributed by atoms with E-state index < -0.39 is 6.03 Å². The van der Waals surface area contributed by atoms with Gasteiger partial charge in [-0.25, -0.2) is 4.79 Å². The third-order valence-electron chi connectivity index (χ3n) is 4.63. The van der Waals surface area contributed by atoms with E-state index in [4.69, 9.17) is 30.3 Å². The van der Waals surface area contributed by atoms with E-state index in [1.54, 1.807) is 45.4 Å². The van der Waals surface area contributed by atoms with Gasteiger partial charge < -0.3 is 24.1 Å². The first-order chi connectivity index (χ1) is 15.5. The first-order valence-corrected chi connectivity index (χ1v) is 9.98. The molecule has 4 aromatic rings. The van der Waals surface area contributed by atoms with Crippen molar-refractivity contribution in [2.45, 2.75) is 6.92 Å². The third-order valence-corrected chi connectivity index (χ3v) is 4.94. The van der Waals surface area contributed by atoms with E-state index in [9.17, 15) is 4.79 Å². The molecule has 0 bridgehead atoms. The molecule has 3 aromatic carbocycles. The van der Waals surface area contributed by atoms with Crippen molar-refractivity contribution in [2.75, 3.05) is 24.9 Å². The van der Waals surface area contributed by atoms with Crippen LogP contribution in [0.25, 0.3) is 10.8 Å². The van der Waals surface area contributed by atoms with Crippen molar-refractivity contribution in [3.63, 3.8) is 0 Å². The number of methoxy groups -OCH3 is 2. The Labute approximate surface area is 189 Å². The van der Waals surface area contributed by atoms with Crippen LogP contribution in [0.1, 0.15) is 5.76 Å². The average Bonchev–Trinajstić information content (AvgIpc) is 3.19. The normalized spacial score (nSPS) is 10.6. The molecule has 9 heteroatoms. The molecule has 0 aliphatic carbocycles. The zero-order chi connectivity index (χ0) is 22.7. The number of nitrogens with zero attached hydrogens (tertiary/aromatic N) is 1. The fraction of sp³-hybridized carbons (Fsp3) is 0.130. The molecule has 0 saturated heterocycles. The zero-order valence-electron chi connectivity index (χ0n) is 17.6. The first kappa shape index (κ1) is 21.3. The quantitative estimate of drug-likeness (QED) is 0.358. The van der Waals surface area contributed by atoms with E-state index in [1.165, 1.54) is 0 Å². The molecule has 1 aromatic heterocycles. The number of aromatic nitrogens is 1. The van der Waals surface area contributed by atoms with Crippen molar-refractivity contribution in [1.82, 2.24) is 5.16 Å². The van der Waals surface area contributed by atoms with Gasteiger partial charge in [0.1, 0.15) is 17.3 Å². The van der Waals surface area contributed by atoms with Gasteiger partial charge in [-0.2, -0.15) is 0 Å². The van der Waals surface area contributed by atoms with E-state index in [1.807, 2.05) is 30.3 Å². The van der Waals surface area contributed by atoms with Gasteiger partial charge in [-0.15, -0.1) is 0 Å². The number of urea groups is 1. The summed E-state index contributed by atoms with van der Waals surface area (Å²) in [6, 6.07) is 15.5. The van der Waals surface area contributed by atoms with Crippen molar-refractivity contribution in [1.29, 1.82) is 0 Å². The highest BCUT2D eigenvalue weighted by Crippen LogP contribution is 2.38. The van der Waals surface area contributed by atoms with Crippen molar-refractivity contribution in [3.05, 3.63) is 65.4 Å². The number of amides is 2. The van der Waals surface area contributed by atoms with Gasteiger partial charge in [-0.1, -0.05) is 28.9 Å². The molecule has 0 atom stereocenters. The number of hydrogen-bond donors (Lipinski definition) is 2. The van der Waals surface area contributed by atoms with Gasteiger partial charge in [0.15, 0.2) is 17.3 Å². The van der Waals surface area contributed by atoms with Crippen molar-refractivity contribution in [3.8, 4) is 23.0 Å². The van der Waals surface area contributed by atoms with Crippen molar-refractivity contribution in [2.24, 2.45) is 0 Å². The summed E-state index contributed by atoms with van der Waals surface area (Å²) in [5, 5.41) is 11.0. The summed E-state index contributed by atoms with van der Waals surface area (Å²) in [4.78, 5) is 12.2. The lowest BCUT2D eigenvalue weighted by atomic mass is 10.1. The predicted molar refractivity (Wildman–Crippen MR) is 122 cm³/mol. The number of rotatable bonds is 6. The lowest BCUT2D eigenvalue weighted by Crippen LogP contribution is -2.19. The number of halogens is 1. The Hall–Kier alpha value is -3.91. The largest absolute Gasteiger partial charge is 0.493 e. The first-order valence-electron chi connectivity index (χ1n) is 9.60. The third kappa shape index (κ3) is 4.55. The van der Waals surface area contributed by atoms with E-state index in [0.29, 0.717) is 45.3 Å². The second-order valence-corrected chi connectivity index (χ2v) is 7.24. The fourth-order valence-corrected chi connectivity index (χ4v) is 3.36. The molecule has 0 spiro atoms. The Morgan fingerprint density at radius 1 is 0.969 bits per heavy atom. The number of nitrogens with one attached hydrogen (secondary N) is 2. The number of anilines is 2. The lowest BCUT2D eigenvalue weighted by molar-refractivity contribution is 0.262. The molecule has 0 saturated carbocycles. The number of fused-ring (bicyclic) bond motifs is 1. The second kappa shape index (κ2) is 9.07. The fourth-order valence-electron chi connectivity index (χ4n) is 3.15. The molecule has 32 heavy (non-hydrogen) atoms. The Kier molecular flexibility index (Phi) is 6.04. The van der Waals surface area contributed by atoms with Crippen LogP contribution in [-0.4, -0.2) is 25.4 Å². The SMILES string of the molecule is COc1cc2cccc(Oc3ccc(NC(=O)Nc4cc(C)on4)c(Cl)c3)c2cc1OC. The van der Waals surface area contributed by atoms with Crippen LogP contribution in [0.2, 0.25) is 5.02 Å². The Bertz CT molecular complexity index is 1290. The van der Waals surface area contributed by atoms with Crippen LogP contribution in [0, 0.1) is 6.92 Å². The molecule has 2 N–H and O–H groups in total. The Morgan fingerprint density at radius 2 is 1.75 bits per heavy atom. The van der Waals surface area contributed by atoms with Gasteiger partial charge in [-0.3, -0.25) is 5.32 Å². The summed E-state index contributed by atoms with van der Waals surface area (Å²) in [7, 11) is 3.17. The highest BCUT2D eigenvalue weighted by Gasteiger charge is 2.12. The molecule has 0 radical (unpaired) electrons. The minimum Gasteiger partial charge on any atom is -0.493 e. The summed E-state index contributed by atoms with van der Waals surface area (Å²) in [5.41, 5.74) is 0.418. The lowest BCUT2D eigenvalue weighted by Gasteiger charge is -2.14. The molecule has 0 aliphatic rings. The van der Waals surface area contributed by atoms with Crippen LogP contribution in [0.15, 0.2) is 59.1 Å². The smallest absolute Gasteiger partial charge is 0.324 e. The van der Waals surface area contributed by atoms with Crippen LogP contribution in [0.5, 0.6) is 23.0 Å². The maximum atomic E-state index is 12.2. The van der Waals surface area contributed by atoms with Gasteiger partial charge in [-0.05, 0) is 42.6 Å². The molecular formula is C23H20ClN3O5. The van der Waals surface area contributed by atoms with Crippen LogP contribution in [-0.2, 0) is 0 Å². The van der Waals surface area contributed by atoms with Gasteiger partial charge in [0.05, 0.1) is 24.9 Å². The molecule has 8 nitrogen and oxygen atoms in total. The maximum absolute atomic E-state index is 12.2. The van der Waals surface area contributed by atoms with E-state index in [0.717, 1.165) is 10.8 Å². The second-order valence-electron chi connectivity index (χ2n) is 6.83. The summed E-state index contributed by atoms with van der Waals surface area (Å²) in [6.07, 6.45) is 0. The summed E-state index contributed by atoms with van der Waals surface area (Å²) in [6.45, 7) is 1.73. The number of carbonyl (C=O) groups is 1. The highest BCUT2D eigenvalue weighted by atomic mass is 35.5. The maximum Gasteiger partial charge on any atom is 0.324 e. The van der Waals surface area contributed by atoms with Crippen LogP contribution in [0.4, 0.5) is 16.3 Å². The number of aryl methyl sites for hydroxylation is 1. The van der Waals surface area contributed by atoms with Gasteiger partial charge in [0.2, 0.25) is 0 Å². The summed E-state index contributed by atoms with van der Waals surface area (Å²) in [5.74, 6) is 3.26. The molecule has 0 aliphatic heterocycles. The van der Waals surface area contributed by atoms with Crippen molar-refractivity contribution < 1.29 is 23.5 Å². The van der Waals surface area contributed by atoms with E-state index >= 15 is 0 Å². The van der Waals surface area contributed by atoms with Gasteiger partial charge in [0.25, 0.3) is 0 Å². The number of benzene rings is 3. The molecule has 2 amide bonds. The molecule has 0 unspecified atom stereocenters. The molecule has 4 rings (SSSR count). The summed E-state index contributed by atoms with van der Waals surface area (Å²) < 4.78 is 21.8. The van der Waals surface area contributed by atoms with E-state index in [2.05, 4.69) is 15.8 Å². The Morgan fingerprint density at radius 3 is 2.44 bits per heavy atom. The highest BCUT2D eigenvalue weighted by molar-refractivity contribution is 6.34. The van der Waals surface area contributed by atoms with Crippen LogP contribution < -0.4 is 24.8 Å². The number of hydrogen-bond acceptors (Lipinski definition) is 6. The minimum atomic E-state index is -0.496. The average molecular weight is 454 g/mol.